The lowest BCUT2D eigenvalue weighted by Gasteiger charge is -2.27. The van der Waals surface area contributed by atoms with Gasteiger partial charge >= 0.3 is 0 Å². The Kier molecular flexibility index (Phi) is 7.71. The van der Waals surface area contributed by atoms with Crippen LogP contribution in [0.5, 0.6) is 0 Å². The maximum Gasteiger partial charge on any atom is 0.258 e. The minimum Gasteiger partial charge on any atom is -0.391 e. The third-order valence-electron chi connectivity index (χ3n) is 7.79. The Morgan fingerprint density at radius 1 is 1.11 bits per heavy atom. The molecular weight excluding hydrogens is 474 g/mol. The van der Waals surface area contributed by atoms with Crippen molar-refractivity contribution in [1.82, 2.24) is 19.2 Å². The number of aliphatic hydroxyl groups excluding tert-OH is 1. The number of aliphatic hydroxyl groups is 1. The molecule has 0 radical (unpaired) electrons. The van der Waals surface area contributed by atoms with Crippen LogP contribution < -0.4 is 5.56 Å². The lowest BCUT2D eigenvalue weighted by Crippen LogP contribution is -2.36. The Labute approximate surface area is 223 Å². The van der Waals surface area contributed by atoms with Crippen LogP contribution in [-0.2, 0) is 19.4 Å². The molecule has 0 aliphatic heterocycles. The normalized spacial score (nSPS) is 15.0. The van der Waals surface area contributed by atoms with E-state index in [9.17, 15) is 15.2 Å². The number of benzene rings is 2. The van der Waals surface area contributed by atoms with Crippen LogP contribution in [0.15, 0.2) is 53.3 Å². The van der Waals surface area contributed by atoms with Crippen molar-refractivity contribution >= 4 is 5.78 Å². The van der Waals surface area contributed by atoms with Gasteiger partial charge in [-0.15, -0.1) is 0 Å². The Bertz CT molecular complexity index is 1520. The molecule has 1 aliphatic carbocycles. The predicted octanol–water partition coefficient (Wildman–Crippen LogP) is 5.22. The molecule has 0 spiro atoms. The van der Waals surface area contributed by atoms with Gasteiger partial charge in [0.1, 0.15) is 5.82 Å². The van der Waals surface area contributed by atoms with E-state index >= 15 is 0 Å². The van der Waals surface area contributed by atoms with E-state index in [1.54, 1.807) is 4.57 Å². The largest absolute Gasteiger partial charge is 0.391 e. The van der Waals surface area contributed by atoms with E-state index in [0.29, 0.717) is 35.6 Å². The molecule has 1 unspecified atom stereocenters. The van der Waals surface area contributed by atoms with Crippen molar-refractivity contribution in [2.24, 2.45) is 5.92 Å². The molecule has 1 aliphatic rings. The molecule has 38 heavy (non-hydrogen) atoms. The minimum absolute atomic E-state index is 0.0953. The van der Waals surface area contributed by atoms with Gasteiger partial charge in [-0.2, -0.15) is 15.3 Å². The van der Waals surface area contributed by atoms with Crippen molar-refractivity contribution < 1.29 is 5.11 Å². The smallest absolute Gasteiger partial charge is 0.258 e. The molecule has 0 saturated heterocycles. The molecule has 2 aromatic carbocycles. The predicted molar refractivity (Wildman–Crippen MR) is 148 cm³/mol. The maximum absolute atomic E-state index is 14.0. The van der Waals surface area contributed by atoms with E-state index in [1.165, 1.54) is 6.42 Å². The number of fused-ring (bicyclic) bond motifs is 1. The van der Waals surface area contributed by atoms with Crippen LogP contribution in [0.25, 0.3) is 16.9 Å². The highest BCUT2D eigenvalue weighted by atomic mass is 16.3. The second-order valence-corrected chi connectivity index (χ2v) is 10.5. The average Bonchev–Trinajstić information content (AvgIpc) is 3.34. The molecule has 1 saturated carbocycles. The SMILES string of the molecule is CCCc1c(Cc2ccc(-c3ccccc3C#N)cc2)c(=O)n(CC(O)C2CCCCC2)c2nc(C)nn12. The zero-order valence-corrected chi connectivity index (χ0v) is 22.2. The molecule has 196 valence electrons. The zero-order valence-electron chi connectivity index (χ0n) is 22.2. The monoisotopic (exact) mass is 509 g/mol. The highest BCUT2D eigenvalue weighted by molar-refractivity contribution is 5.70. The lowest BCUT2D eigenvalue weighted by molar-refractivity contribution is 0.0693. The molecule has 0 amide bonds. The van der Waals surface area contributed by atoms with Crippen molar-refractivity contribution in [3.63, 3.8) is 0 Å². The lowest BCUT2D eigenvalue weighted by atomic mass is 9.85. The molecule has 1 N–H and O–H groups in total. The van der Waals surface area contributed by atoms with Gasteiger partial charge in [-0.1, -0.05) is 75.1 Å². The van der Waals surface area contributed by atoms with Gasteiger partial charge in [0.2, 0.25) is 5.78 Å². The number of nitrogens with zero attached hydrogens (tertiary/aromatic N) is 5. The number of rotatable bonds is 8. The van der Waals surface area contributed by atoms with Crippen LogP contribution >= 0.6 is 0 Å². The van der Waals surface area contributed by atoms with Gasteiger partial charge in [0.05, 0.1) is 30.0 Å². The first-order valence-electron chi connectivity index (χ1n) is 13.7. The first-order valence-corrected chi connectivity index (χ1v) is 13.7. The molecule has 5 rings (SSSR count). The molecule has 7 nitrogen and oxygen atoms in total. The first kappa shape index (κ1) is 25.9. The second kappa shape index (κ2) is 11.3. The summed E-state index contributed by atoms with van der Waals surface area (Å²) in [7, 11) is 0. The third-order valence-corrected chi connectivity index (χ3v) is 7.79. The van der Waals surface area contributed by atoms with Crippen molar-refractivity contribution in [3.8, 4) is 17.2 Å². The van der Waals surface area contributed by atoms with Crippen LogP contribution in [-0.4, -0.2) is 30.4 Å². The third kappa shape index (κ3) is 5.14. The maximum atomic E-state index is 14.0. The number of nitriles is 1. The van der Waals surface area contributed by atoms with Gasteiger partial charge < -0.3 is 5.11 Å². The number of aryl methyl sites for hydroxylation is 2. The summed E-state index contributed by atoms with van der Waals surface area (Å²) in [4.78, 5) is 18.6. The fourth-order valence-corrected chi connectivity index (χ4v) is 5.79. The van der Waals surface area contributed by atoms with E-state index in [4.69, 9.17) is 0 Å². The van der Waals surface area contributed by atoms with Crippen LogP contribution in [0.1, 0.15) is 73.7 Å². The summed E-state index contributed by atoms with van der Waals surface area (Å²) in [5, 5.41) is 25.3. The summed E-state index contributed by atoms with van der Waals surface area (Å²) in [6, 6.07) is 17.9. The molecule has 1 atom stereocenters. The highest BCUT2D eigenvalue weighted by Gasteiger charge is 2.26. The zero-order chi connectivity index (χ0) is 26.6. The van der Waals surface area contributed by atoms with Crippen LogP contribution in [0, 0.1) is 24.2 Å². The molecule has 4 aromatic rings. The van der Waals surface area contributed by atoms with Crippen LogP contribution in [0.4, 0.5) is 0 Å². The summed E-state index contributed by atoms with van der Waals surface area (Å²) in [6.45, 7) is 4.17. The second-order valence-electron chi connectivity index (χ2n) is 10.5. The average molecular weight is 510 g/mol. The van der Waals surface area contributed by atoms with E-state index in [-0.39, 0.29) is 18.0 Å². The Morgan fingerprint density at radius 2 is 1.84 bits per heavy atom. The number of hydrogen-bond acceptors (Lipinski definition) is 5. The van der Waals surface area contributed by atoms with Gasteiger partial charge in [0.25, 0.3) is 5.56 Å². The fourth-order valence-electron chi connectivity index (χ4n) is 5.79. The summed E-state index contributed by atoms with van der Waals surface area (Å²) in [5.74, 6) is 1.33. The Morgan fingerprint density at radius 3 is 2.55 bits per heavy atom. The molecule has 2 aromatic heterocycles. The molecule has 1 fully saturated rings. The Balaban J connectivity index is 1.54. The van der Waals surface area contributed by atoms with Gasteiger partial charge in [-0.25, -0.2) is 4.52 Å². The molecular formula is C31H35N5O2. The van der Waals surface area contributed by atoms with E-state index in [0.717, 1.165) is 54.5 Å². The number of hydrogen-bond donors (Lipinski definition) is 1. The van der Waals surface area contributed by atoms with Gasteiger partial charge in [-0.3, -0.25) is 9.36 Å². The van der Waals surface area contributed by atoms with E-state index in [1.807, 2.05) is 60.0 Å². The first-order chi connectivity index (χ1) is 18.5. The number of aromatic nitrogens is 4. The van der Waals surface area contributed by atoms with Crippen molar-refractivity contribution in [2.45, 2.75) is 77.9 Å². The molecule has 7 heteroatoms. The molecule has 2 heterocycles. The van der Waals surface area contributed by atoms with Crippen molar-refractivity contribution in [1.29, 1.82) is 5.26 Å². The van der Waals surface area contributed by atoms with Crippen molar-refractivity contribution in [3.05, 3.63) is 87.1 Å². The minimum atomic E-state index is -0.585. The standard InChI is InChI=1S/C31H35N5O2/c1-3-9-28-27(18-22-14-16-23(17-15-22)26-13-8-7-12-25(26)19-32)30(38)35(31-33-21(2)34-36(28)31)20-29(37)24-10-5-4-6-11-24/h7-8,12-17,24,29,37H,3-6,9-11,18,20H2,1-2H3. The van der Waals surface area contributed by atoms with E-state index < -0.39 is 6.10 Å². The van der Waals surface area contributed by atoms with Gasteiger partial charge in [0, 0.05) is 12.0 Å². The summed E-state index contributed by atoms with van der Waals surface area (Å²) in [5.41, 5.74) is 5.00. The van der Waals surface area contributed by atoms with Gasteiger partial charge in [0.15, 0.2) is 0 Å². The quantitative estimate of drug-likeness (QED) is 0.351. The highest BCUT2D eigenvalue weighted by Crippen LogP contribution is 2.28. The Hall–Kier alpha value is -3.76. The summed E-state index contributed by atoms with van der Waals surface area (Å²) >= 11 is 0. The van der Waals surface area contributed by atoms with E-state index in [2.05, 4.69) is 23.1 Å². The summed E-state index contributed by atoms with van der Waals surface area (Å²) < 4.78 is 3.46. The summed E-state index contributed by atoms with van der Waals surface area (Å²) in [6.07, 6.45) is 6.94. The van der Waals surface area contributed by atoms with Crippen LogP contribution in [0.3, 0.4) is 0 Å². The fraction of sp³-hybridized carbons (Fsp3) is 0.419. The van der Waals surface area contributed by atoms with Crippen molar-refractivity contribution in [2.75, 3.05) is 0 Å². The topological polar surface area (TPSA) is 96.2 Å². The molecule has 0 bridgehead atoms. The van der Waals surface area contributed by atoms with Gasteiger partial charge in [-0.05, 0) is 54.9 Å². The van der Waals surface area contributed by atoms with Crippen LogP contribution in [0.2, 0.25) is 0 Å².